The lowest BCUT2D eigenvalue weighted by Crippen LogP contribution is -2.21. The van der Waals surface area contributed by atoms with Crippen molar-refractivity contribution in [2.24, 2.45) is 0 Å². The van der Waals surface area contributed by atoms with Crippen LogP contribution in [0.2, 0.25) is 0 Å². The fourth-order valence-electron chi connectivity index (χ4n) is 1.28. The Hall–Kier alpha value is -1.43. The second kappa shape index (κ2) is 7.10. The van der Waals surface area contributed by atoms with E-state index < -0.39 is 6.36 Å². The molecule has 0 amide bonds. The van der Waals surface area contributed by atoms with E-state index in [2.05, 4.69) is 17.0 Å². The van der Waals surface area contributed by atoms with E-state index in [0.29, 0.717) is 18.9 Å². The highest BCUT2D eigenvalue weighted by atomic mass is 19.4. The summed E-state index contributed by atoms with van der Waals surface area (Å²) in [4.78, 5) is 0. The Morgan fingerprint density at radius 3 is 2.22 bits per heavy atom. The van der Waals surface area contributed by atoms with Gasteiger partial charge in [-0.1, -0.05) is 6.92 Å². The van der Waals surface area contributed by atoms with Crippen LogP contribution in [0.25, 0.3) is 0 Å². The molecule has 6 heteroatoms. The molecule has 0 atom stereocenters. The quantitative estimate of drug-likeness (QED) is 0.767. The lowest BCUT2D eigenvalue weighted by atomic mass is 10.3. The molecule has 1 N–H and O–H groups in total. The number of rotatable bonds is 7. The summed E-state index contributed by atoms with van der Waals surface area (Å²) in [6, 6.07) is 5.34. The molecule has 1 rings (SSSR count). The molecule has 0 heterocycles. The maximum absolute atomic E-state index is 11.9. The van der Waals surface area contributed by atoms with Gasteiger partial charge in [-0.05, 0) is 37.2 Å². The molecule has 18 heavy (non-hydrogen) atoms. The Balaban J connectivity index is 2.32. The molecule has 0 aromatic heterocycles. The zero-order chi connectivity index (χ0) is 13.4. The van der Waals surface area contributed by atoms with Crippen LogP contribution in [-0.2, 0) is 0 Å². The van der Waals surface area contributed by atoms with Crippen molar-refractivity contribution in [3.63, 3.8) is 0 Å². The van der Waals surface area contributed by atoms with Crippen molar-refractivity contribution in [2.45, 2.75) is 19.7 Å². The minimum atomic E-state index is -4.66. The minimum absolute atomic E-state index is 0.251. The van der Waals surface area contributed by atoms with Gasteiger partial charge in [0.1, 0.15) is 18.1 Å². The second-order valence-electron chi connectivity index (χ2n) is 3.62. The molecule has 0 unspecified atom stereocenters. The first-order valence-electron chi connectivity index (χ1n) is 5.70. The number of halogens is 3. The van der Waals surface area contributed by atoms with Gasteiger partial charge in [-0.15, -0.1) is 13.2 Å². The average Bonchev–Trinajstić information content (AvgIpc) is 2.29. The summed E-state index contributed by atoms with van der Waals surface area (Å²) in [5.41, 5.74) is 0. The van der Waals surface area contributed by atoms with Crippen LogP contribution in [0.15, 0.2) is 24.3 Å². The summed E-state index contributed by atoms with van der Waals surface area (Å²) in [6.07, 6.45) is -3.62. The molecule has 0 bridgehead atoms. The fourth-order valence-corrected chi connectivity index (χ4v) is 1.28. The zero-order valence-electron chi connectivity index (χ0n) is 10.1. The van der Waals surface area contributed by atoms with Crippen LogP contribution in [0, 0.1) is 0 Å². The number of benzene rings is 1. The number of hydrogen-bond donors (Lipinski definition) is 1. The van der Waals surface area contributed by atoms with Gasteiger partial charge in [0.2, 0.25) is 0 Å². The van der Waals surface area contributed by atoms with E-state index >= 15 is 0 Å². The smallest absolute Gasteiger partial charge is 0.492 e. The molecule has 0 fully saturated rings. The molecule has 0 saturated heterocycles. The minimum Gasteiger partial charge on any atom is -0.492 e. The van der Waals surface area contributed by atoms with Crippen molar-refractivity contribution in [3.8, 4) is 11.5 Å². The normalized spacial score (nSPS) is 11.3. The molecule has 1 aromatic rings. The third-order valence-corrected chi connectivity index (χ3v) is 2.03. The van der Waals surface area contributed by atoms with E-state index in [0.717, 1.165) is 13.0 Å². The van der Waals surface area contributed by atoms with E-state index in [9.17, 15) is 13.2 Å². The van der Waals surface area contributed by atoms with Crippen molar-refractivity contribution < 1.29 is 22.6 Å². The molecule has 102 valence electrons. The Morgan fingerprint density at radius 1 is 1.06 bits per heavy atom. The second-order valence-corrected chi connectivity index (χ2v) is 3.62. The molecule has 0 radical (unpaired) electrons. The van der Waals surface area contributed by atoms with Crippen molar-refractivity contribution >= 4 is 0 Å². The van der Waals surface area contributed by atoms with Crippen molar-refractivity contribution in [1.82, 2.24) is 5.32 Å². The predicted molar refractivity (Wildman–Crippen MR) is 61.8 cm³/mol. The van der Waals surface area contributed by atoms with Crippen molar-refractivity contribution in [2.75, 3.05) is 19.7 Å². The molecule has 0 aliphatic rings. The molecule has 3 nitrogen and oxygen atoms in total. The number of ether oxygens (including phenoxy) is 2. The third-order valence-electron chi connectivity index (χ3n) is 2.03. The van der Waals surface area contributed by atoms with Gasteiger partial charge in [0.15, 0.2) is 0 Å². The largest absolute Gasteiger partial charge is 0.573 e. The molecule has 0 aliphatic carbocycles. The van der Waals surface area contributed by atoms with E-state index in [1.165, 1.54) is 24.3 Å². The highest BCUT2D eigenvalue weighted by Crippen LogP contribution is 2.24. The maximum atomic E-state index is 11.9. The summed E-state index contributed by atoms with van der Waals surface area (Å²) in [6.45, 7) is 4.16. The van der Waals surface area contributed by atoms with E-state index in [1.807, 2.05) is 0 Å². The van der Waals surface area contributed by atoms with Crippen LogP contribution in [-0.4, -0.2) is 26.1 Å². The first-order chi connectivity index (χ1) is 8.51. The van der Waals surface area contributed by atoms with Crippen LogP contribution >= 0.6 is 0 Å². The van der Waals surface area contributed by atoms with E-state index in [4.69, 9.17) is 4.74 Å². The third kappa shape index (κ3) is 6.34. The zero-order valence-corrected chi connectivity index (χ0v) is 10.1. The number of nitrogens with one attached hydrogen (secondary N) is 1. The Morgan fingerprint density at radius 2 is 1.67 bits per heavy atom. The van der Waals surface area contributed by atoms with Crippen LogP contribution < -0.4 is 14.8 Å². The lowest BCUT2D eigenvalue weighted by Gasteiger charge is -2.10. The van der Waals surface area contributed by atoms with Crippen molar-refractivity contribution in [3.05, 3.63) is 24.3 Å². The summed E-state index contributed by atoms with van der Waals surface area (Å²) in [7, 11) is 0. The maximum Gasteiger partial charge on any atom is 0.573 e. The summed E-state index contributed by atoms with van der Waals surface area (Å²) >= 11 is 0. The van der Waals surface area contributed by atoms with Gasteiger partial charge in [-0.25, -0.2) is 0 Å². The summed E-state index contributed by atoms with van der Waals surface area (Å²) in [5, 5.41) is 3.15. The summed E-state index contributed by atoms with van der Waals surface area (Å²) in [5.74, 6) is 0.266. The van der Waals surface area contributed by atoms with Crippen LogP contribution in [0.3, 0.4) is 0 Å². The van der Waals surface area contributed by atoms with Crippen LogP contribution in [0.4, 0.5) is 13.2 Å². The van der Waals surface area contributed by atoms with Gasteiger partial charge in [0, 0.05) is 6.54 Å². The topological polar surface area (TPSA) is 30.5 Å². The average molecular weight is 263 g/mol. The summed E-state index contributed by atoms with van der Waals surface area (Å²) < 4.78 is 44.8. The highest BCUT2D eigenvalue weighted by Gasteiger charge is 2.30. The van der Waals surface area contributed by atoms with Gasteiger partial charge < -0.3 is 14.8 Å². The van der Waals surface area contributed by atoms with Crippen LogP contribution in [0.5, 0.6) is 11.5 Å². The molecule has 1 aromatic carbocycles. The van der Waals surface area contributed by atoms with Gasteiger partial charge in [-0.2, -0.15) is 0 Å². The molecular formula is C12H16F3NO2. The number of alkyl halides is 3. The van der Waals surface area contributed by atoms with E-state index in [1.54, 1.807) is 0 Å². The first-order valence-corrected chi connectivity index (χ1v) is 5.70. The van der Waals surface area contributed by atoms with Gasteiger partial charge in [0.25, 0.3) is 0 Å². The Kier molecular flexibility index (Phi) is 5.77. The van der Waals surface area contributed by atoms with Gasteiger partial charge in [0.05, 0.1) is 0 Å². The first kappa shape index (κ1) is 14.6. The predicted octanol–water partition coefficient (Wildman–Crippen LogP) is 2.96. The highest BCUT2D eigenvalue weighted by molar-refractivity contribution is 5.31. The monoisotopic (exact) mass is 263 g/mol. The molecule has 0 aliphatic heterocycles. The van der Waals surface area contributed by atoms with Gasteiger partial charge >= 0.3 is 6.36 Å². The standard InChI is InChI=1S/C12H16F3NO2/c1-2-7-16-8-9-17-10-3-5-11(6-4-10)18-12(13,14)15/h3-6,16H,2,7-9H2,1H3. The van der Waals surface area contributed by atoms with Crippen molar-refractivity contribution in [1.29, 1.82) is 0 Å². The SMILES string of the molecule is CCCNCCOc1ccc(OC(F)(F)F)cc1. The number of hydrogen-bond acceptors (Lipinski definition) is 3. The van der Waals surface area contributed by atoms with Crippen LogP contribution in [0.1, 0.15) is 13.3 Å². The molecule has 0 saturated carbocycles. The Labute approximate surface area is 104 Å². The van der Waals surface area contributed by atoms with E-state index in [-0.39, 0.29) is 5.75 Å². The fraction of sp³-hybridized carbons (Fsp3) is 0.500. The lowest BCUT2D eigenvalue weighted by molar-refractivity contribution is -0.274. The Bertz CT molecular complexity index is 338. The van der Waals surface area contributed by atoms with Gasteiger partial charge in [-0.3, -0.25) is 0 Å². The molecular weight excluding hydrogens is 247 g/mol. The molecule has 0 spiro atoms.